The number of aryl methyl sites for hydroxylation is 1. The number of aliphatic hydroxyl groups is 1. The van der Waals surface area contributed by atoms with Gasteiger partial charge >= 0.3 is 0 Å². The fourth-order valence-corrected chi connectivity index (χ4v) is 5.64. The molecule has 0 radical (unpaired) electrons. The molecule has 2 fully saturated rings. The minimum atomic E-state index is -4.04. The third kappa shape index (κ3) is 8.96. The Labute approximate surface area is 228 Å². The molecule has 0 spiro atoms. The van der Waals surface area contributed by atoms with Gasteiger partial charge in [-0.3, -0.25) is 4.18 Å². The molecular weight excluding hydrogens is 512 g/mol. The van der Waals surface area contributed by atoms with Crippen LogP contribution in [0.4, 0.5) is 0 Å². The summed E-state index contributed by atoms with van der Waals surface area (Å²) in [4.78, 5) is 0.0206. The minimum absolute atomic E-state index is 0.0206. The molecular formula is C28H46O9S. The molecule has 1 aromatic carbocycles. The molecule has 3 rings (SSSR count). The highest BCUT2D eigenvalue weighted by Gasteiger charge is 2.58. The number of rotatable bonds is 17. The first-order valence-electron chi connectivity index (χ1n) is 14.0. The Balaban J connectivity index is 1.53. The van der Waals surface area contributed by atoms with Gasteiger partial charge in [-0.1, -0.05) is 70.1 Å². The van der Waals surface area contributed by atoms with E-state index in [9.17, 15) is 13.5 Å². The lowest BCUT2D eigenvalue weighted by Gasteiger charge is -2.28. The van der Waals surface area contributed by atoms with Gasteiger partial charge in [0, 0.05) is 6.61 Å². The van der Waals surface area contributed by atoms with E-state index < -0.39 is 59.5 Å². The summed E-state index contributed by atoms with van der Waals surface area (Å²) in [6.07, 6.45) is 4.19. The Morgan fingerprint density at radius 2 is 1.61 bits per heavy atom. The zero-order valence-corrected chi connectivity index (χ0v) is 24.3. The van der Waals surface area contributed by atoms with E-state index >= 15 is 0 Å². The number of fused-ring (bicyclic) bond motifs is 1. The van der Waals surface area contributed by atoms with Crippen LogP contribution in [0, 0.1) is 6.92 Å². The monoisotopic (exact) mass is 558 g/mol. The lowest BCUT2D eigenvalue weighted by molar-refractivity contribution is -0.288. The predicted octanol–water partition coefficient (Wildman–Crippen LogP) is 4.83. The second kappa shape index (κ2) is 14.5. The summed E-state index contributed by atoms with van der Waals surface area (Å²) in [5.41, 5.74) is 0.929. The van der Waals surface area contributed by atoms with Gasteiger partial charge in [0.05, 0.1) is 11.5 Å². The molecule has 2 heterocycles. The SMILES string of the molecule is CCCCCCCCCOC(CC)O[C@H]1O[C@H]([C@H](O)COS(=O)(=O)c2ccc(C)cc2)[C@@H]2OC(C)(C)O[C@H]12. The van der Waals surface area contributed by atoms with Gasteiger partial charge in [0.15, 0.2) is 18.4 Å². The number of hydrogen-bond donors (Lipinski definition) is 1. The van der Waals surface area contributed by atoms with Gasteiger partial charge in [-0.15, -0.1) is 0 Å². The molecule has 38 heavy (non-hydrogen) atoms. The van der Waals surface area contributed by atoms with E-state index in [0.717, 1.165) is 18.4 Å². The van der Waals surface area contributed by atoms with Crippen molar-refractivity contribution in [3.63, 3.8) is 0 Å². The number of aliphatic hydroxyl groups excluding tert-OH is 1. The molecule has 0 bridgehead atoms. The Kier molecular flexibility index (Phi) is 12.0. The molecule has 218 valence electrons. The normalized spacial score (nSPS) is 26.4. The van der Waals surface area contributed by atoms with Crippen LogP contribution in [0.1, 0.15) is 84.6 Å². The summed E-state index contributed by atoms with van der Waals surface area (Å²) in [5, 5.41) is 10.9. The molecule has 6 atom stereocenters. The van der Waals surface area contributed by atoms with Gasteiger partial charge in [-0.05, 0) is 45.7 Å². The zero-order valence-electron chi connectivity index (χ0n) is 23.5. The van der Waals surface area contributed by atoms with Crippen molar-refractivity contribution in [1.82, 2.24) is 0 Å². The molecule has 1 unspecified atom stereocenters. The Morgan fingerprint density at radius 3 is 2.26 bits per heavy atom. The van der Waals surface area contributed by atoms with Crippen LogP contribution in [-0.2, 0) is 38.0 Å². The summed E-state index contributed by atoms with van der Waals surface area (Å²) in [6.45, 7) is 9.69. The van der Waals surface area contributed by atoms with Crippen LogP contribution < -0.4 is 0 Å². The Bertz CT molecular complexity index is 934. The van der Waals surface area contributed by atoms with Crippen molar-refractivity contribution >= 4 is 10.1 Å². The Hall–Kier alpha value is -1.11. The summed E-state index contributed by atoms with van der Waals surface area (Å²) in [6, 6.07) is 6.31. The molecule has 10 heteroatoms. The van der Waals surface area contributed by atoms with Gasteiger partial charge in [-0.2, -0.15) is 8.42 Å². The molecule has 2 aliphatic rings. The van der Waals surface area contributed by atoms with Gasteiger partial charge in [0.1, 0.15) is 24.4 Å². The van der Waals surface area contributed by atoms with Gasteiger partial charge < -0.3 is 28.8 Å². The minimum Gasteiger partial charge on any atom is -0.388 e. The van der Waals surface area contributed by atoms with Crippen LogP contribution >= 0.6 is 0 Å². The van der Waals surface area contributed by atoms with Crippen LogP contribution in [0.15, 0.2) is 29.2 Å². The molecule has 0 saturated carbocycles. The number of unbranched alkanes of at least 4 members (excludes halogenated alkanes) is 6. The van der Waals surface area contributed by atoms with Crippen LogP contribution in [0.3, 0.4) is 0 Å². The first-order valence-corrected chi connectivity index (χ1v) is 15.4. The molecule has 2 saturated heterocycles. The number of ether oxygens (including phenoxy) is 5. The van der Waals surface area contributed by atoms with E-state index in [1.807, 2.05) is 13.8 Å². The largest absolute Gasteiger partial charge is 0.388 e. The average molecular weight is 559 g/mol. The molecule has 9 nitrogen and oxygen atoms in total. The highest BCUT2D eigenvalue weighted by Crippen LogP contribution is 2.40. The molecule has 0 aromatic heterocycles. The summed E-state index contributed by atoms with van der Waals surface area (Å²) < 4.78 is 60.4. The van der Waals surface area contributed by atoms with Crippen LogP contribution in [0.25, 0.3) is 0 Å². The fraction of sp³-hybridized carbons (Fsp3) is 0.786. The van der Waals surface area contributed by atoms with Gasteiger partial charge in [-0.25, -0.2) is 0 Å². The predicted molar refractivity (Wildman–Crippen MR) is 142 cm³/mol. The van der Waals surface area contributed by atoms with E-state index in [-0.39, 0.29) is 4.90 Å². The smallest absolute Gasteiger partial charge is 0.297 e. The van der Waals surface area contributed by atoms with Crippen molar-refractivity contribution in [1.29, 1.82) is 0 Å². The molecule has 0 amide bonds. The quantitative estimate of drug-likeness (QED) is 0.163. The second-order valence-electron chi connectivity index (χ2n) is 10.6. The van der Waals surface area contributed by atoms with Crippen molar-refractivity contribution in [3.8, 4) is 0 Å². The lowest BCUT2D eigenvalue weighted by Crippen LogP contribution is -2.41. The van der Waals surface area contributed by atoms with E-state index in [1.54, 1.807) is 26.0 Å². The Morgan fingerprint density at radius 1 is 0.974 bits per heavy atom. The van der Waals surface area contributed by atoms with Crippen molar-refractivity contribution in [2.75, 3.05) is 13.2 Å². The first kappa shape index (κ1) is 31.4. The number of hydrogen-bond acceptors (Lipinski definition) is 9. The van der Waals surface area contributed by atoms with E-state index in [1.165, 1.54) is 44.2 Å². The summed E-state index contributed by atoms with van der Waals surface area (Å²) in [5.74, 6) is -0.909. The summed E-state index contributed by atoms with van der Waals surface area (Å²) in [7, 11) is -4.04. The van der Waals surface area contributed by atoms with Crippen molar-refractivity contribution in [2.24, 2.45) is 0 Å². The van der Waals surface area contributed by atoms with Crippen molar-refractivity contribution in [3.05, 3.63) is 29.8 Å². The highest BCUT2D eigenvalue weighted by atomic mass is 32.2. The topological polar surface area (TPSA) is 110 Å². The third-order valence-corrected chi connectivity index (χ3v) is 8.10. The van der Waals surface area contributed by atoms with Crippen molar-refractivity contribution < 1.29 is 41.4 Å². The first-order chi connectivity index (χ1) is 18.1. The average Bonchev–Trinajstić information content (AvgIpc) is 3.36. The lowest BCUT2D eigenvalue weighted by atomic mass is 10.1. The maximum Gasteiger partial charge on any atom is 0.297 e. The van der Waals surface area contributed by atoms with Crippen LogP contribution in [0.5, 0.6) is 0 Å². The number of benzene rings is 1. The molecule has 0 aliphatic carbocycles. The zero-order chi connectivity index (χ0) is 27.8. The molecule has 1 N–H and O–H groups in total. The maximum absolute atomic E-state index is 12.6. The fourth-order valence-electron chi connectivity index (χ4n) is 4.71. The van der Waals surface area contributed by atoms with Crippen LogP contribution in [0.2, 0.25) is 0 Å². The third-order valence-electron chi connectivity index (χ3n) is 6.80. The van der Waals surface area contributed by atoms with E-state index in [4.69, 9.17) is 27.9 Å². The van der Waals surface area contributed by atoms with Crippen LogP contribution in [-0.4, -0.2) is 69.5 Å². The second-order valence-corrected chi connectivity index (χ2v) is 12.2. The van der Waals surface area contributed by atoms with Crippen molar-refractivity contribution in [2.45, 2.75) is 134 Å². The standard InChI is InChI=1S/C28H46O9S/c1-6-8-9-10-11-12-13-18-32-23(7-2)34-27-26-25(36-28(4,5)37-26)24(35-27)22(29)19-33-38(30,31)21-16-14-20(3)15-17-21/h14-17,22-27,29H,6-13,18-19H2,1-5H3/t22-,23?,24-,25+,26+,27+/m1/s1. The maximum atomic E-state index is 12.6. The molecule has 2 aliphatic heterocycles. The molecule has 1 aromatic rings. The van der Waals surface area contributed by atoms with E-state index in [2.05, 4.69) is 6.92 Å². The van der Waals surface area contributed by atoms with E-state index in [0.29, 0.717) is 13.0 Å². The van der Waals surface area contributed by atoms with Gasteiger partial charge in [0.25, 0.3) is 10.1 Å². The van der Waals surface area contributed by atoms with Gasteiger partial charge in [0.2, 0.25) is 0 Å². The summed E-state index contributed by atoms with van der Waals surface area (Å²) >= 11 is 0. The highest BCUT2D eigenvalue weighted by molar-refractivity contribution is 7.86.